The molecule has 26 heavy (non-hydrogen) atoms. The van der Waals surface area contributed by atoms with Crippen molar-refractivity contribution in [3.05, 3.63) is 24.1 Å². The Balaban J connectivity index is 1.56. The van der Waals surface area contributed by atoms with Crippen molar-refractivity contribution in [3.8, 4) is 0 Å². The zero-order chi connectivity index (χ0) is 18.1. The topological polar surface area (TPSA) is 64.7 Å². The minimum Gasteiger partial charge on any atom is -0.466 e. The summed E-state index contributed by atoms with van der Waals surface area (Å²) in [7, 11) is 0. The molecule has 4 rings (SSSR count). The molecule has 1 aliphatic carbocycles. The maximum absolute atomic E-state index is 13.2. The third-order valence-electron chi connectivity index (χ3n) is 5.74. The number of esters is 1. The van der Waals surface area contributed by atoms with E-state index in [1.165, 1.54) is 19.3 Å². The highest BCUT2D eigenvalue weighted by molar-refractivity contribution is 5.97. The van der Waals surface area contributed by atoms with E-state index < -0.39 is 0 Å². The minimum absolute atomic E-state index is 0.00952. The van der Waals surface area contributed by atoms with Gasteiger partial charge in [-0.05, 0) is 38.5 Å². The maximum atomic E-state index is 13.2. The summed E-state index contributed by atoms with van der Waals surface area (Å²) in [5.41, 5.74) is 2.42. The molecule has 0 aromatic carbocycles. The molecule has 2 fully saturated rings. The molecule has 1 atom stereocenters. The number of likely N-dealkylation sites (tertiary alicyclic amines) is 1. The van der Waals surface area contributed by atoms with Crippen LogP contribution in [0.5, 0.6) is 0 Å². The van der Waals surface area contributed by atoms with E-state index in [9.17, 15) is 9.59 Å². The summed E-state index contributed by atoms with van der Waals surface area (Å²) < 4.78 is 12.8. The highest BCUT2D eigenvalue weighted by Gasteiger charge is 2.32. The van der Waals surface area contributed by atoms with Crippen LogP contribution in [0.25, 0.3) is 11.1 Å². The average Bonchev–Trinajstić information content (AvgIpc) is 3.19. The molecule has 1 amide bonds. The largest absolute Gasteiger partial charge is 0.466 e. The van der Waals surface area contributed by atoms with Crippen LogP contribution in [0.1, 0.15) is 49.5 Å². The first-order chi connectivity index (χ1) is 12.7. The third kappa shape index (κ3) is 3.13. The molecule has 6 heteroatoms. The molecule has 2 aromatic rings. The first-order valence-corrected chi connectivity index (χ1v) is 9.70. The molecule has 1 saturated carbocycles. The van der Waals surface area contributed by atoms with Gasteiger partial charge in [0, 0.05) is 31.8 Å². The van der Waals surface area contributed by atoms with Gasteiger partial charge in [0.05, 0.1) is 24.3 Å². The Kier molecular flexibility index (Phi) is 4.74. The van der Waals surface area contributed by atoms with Crippen molar-refractivity contribution in [1.29, 1.82) is 0 Å². The number of nitrogens with zero attached hydrogens (tertiary/aromatic N) is 2. The smallest absolute Gasteiger partial charge is 0.310 e. The van der Waals surface area contributed by atoms with Crippen LogP contribution >= 0.6 is 0 Å². The Morgan fingerprint density at radius 3 is 2.85 bits per heavy atom. The number of fused-ring (bicyclic) bond motifs is 1. The van der Waals surface area contributed by atoms with Crippen LogP contribution in [-0.2, 0) is 16.1 Å². The molecule has 2 aliphatic rings. The molecule has 140 valence electrons. The molecule has 6 nitrogen and oxygen atoms in total. The van der Waals surface area contributed by atoms with Gasteiger partial charge in [-0.15, -0.1) is 0 Å². The Bertz CT molecular complexity index is 802. The third-order valence-corrected chi connectivity index (χ3v) is 5.74. The fraction of sp³-hybridized carbons (Fsp3) is 0.600. The lowest BCUT2D eigenvalue weighted by atomic mass is 9.85. The van der Waals surface area contributed by atoms with Crippen LogP contribution in [0.3, 0.4) is 0 Å². The van der Waals surface area contributed by atoms with Crippen molar-refractivity contribution in [2.24, 2.45) is 11.8 Å². The summed E-state index contributed by atoms with van der Waals surface area (Å²) >= 11 is 0. The maximum Gasteiger partial charge on any atom is 0.310 e. The number of amides is 1. The number of hydrogen-bond donors (Lipinski definition) is 0. The molecule has 0 N–H and O–H groups in total. The predicted molar refractivity (Wildman–Crippen MR) is 96.8 cm³/mol. The molecule has 0 bridgehead atoms. The van der Waals surface area contributed by atoms with Crippen LogP contribution in [-0.4, -0.2) is 41.0 Å². The summed E-state index contributed by atoms with van der Waals surface area (Å²) in [6.07, 6.45) is 7.01. The Labute approximate surface area is 153 Å². The second-order valence-corrected chi connectivity index (χ2v) is 7.45. The second-order valence-electron chi connectivity index (χ2n) is 7.45. The van der Waals surface area contributed by atoms with E-state index in [1.54, 1.807) is 11.2 Å². The molecule has 1 aliphatic heterocycles. The van der Waals surface area contributed by atoms with Crippen molar-refractivity contribution in [1.82, 2.24) is 9.47 Å². The van der Waals surface area contributed by atoms with Crippen LogP contribution in [0.2, 0.25) is 0 Å². The number of rotatable bonds is 5. The Morgan fingerprint density at radius 1 is 1.27 bits per heavy atom. The van der Waals surface area contributed by atoms with E-state index >= 15 is 0 Å². The summed E-state index contributed by atoms with van der Waals surface area (Å²) in [6, 6.07) is 3.78. The summed E-state index contributed by atoms with van der Waals surface area (Å²) in [5, 5.41) is 0. The van der Waals surface area contributed by atoms with Gasteiger partial charge in [-0.2, -0.15) is 0 Å². The van der Waals surface area contributed by atoms with Gasteiger partial charge in [0.2, 0.25) is 0 Å². The molecule has 3 heterocycles. The lowest BCUT2D eigenvalue weighted by molar-refractivity contribution is -0.149. The molecule has 0 spiro atoms. The molecular formula is C20H26N2O4. The van der Waals surface area contributed by atoms with Crippen molar-refractivity contribution in [2.45, 2.75) is 45.6 Å². The van der Waals surface area contributed by atoms with Crippen molar-refractivity contribution >= 4 is 23.0 Å². The summed E-state index contributed by atoms with van der Waals surface area (Å²) in [5.74, 6) is 0.222. The van der Waals surface area contributed by atoms with Gasteiger partial charge in [0.25, 0.3) is 5.91 Å². The first-order valence-electron chi connectivity index (χ1n) is 9.70. The van der Waals surface area contributed by atoms with Crippen LogP contribution in [0.4, 0.5) is 0 Å². The Morgan fingerprint density at radius 2 is 2.12 bits per heavy atom. The highest BCUT2D eigenvalue weighted by Crippen LogP contribution is 2.32. The van der Waals surface area contributed by atoms with Crippen molar-refractivity contribution < 1.29 is 18.7 Å². The molecule has 1 unspecified atom stereocenters. The van der Waals surface area contributed by atoms with Gasteiger partial charge in [-0.25, -0.2) is 0 Å². The van der Waals surface area contributed by atoms with Gasteiger partial charge in [0.1, 0.15) is 5.69 Å². The lowest BCUT2D eigenvalue weighted by Crippen LogP contribution is -2.43. The molecule has 0 radical (unpaired) electrons. The van der Waals surface area contributed by atoms with Gasteiger partial charge in [-0.1, -0.05) is 6.42 Å². The number of carbonyl (C=O) groups excluding carboxylic acids is 2. The number of hydrogen-bond acceptors (Lipinski definition) is 4. The number of furan rings is 1. The van der Waals surface area contributed by atoms with E-state index in [2.05, 4.69) is 4.57 Å². The first kappa shape index (κ1) is 17.2. The Hall–Kier alpha value is -2.24. The number of piperidine rings is 1. The van der Waals surface area contributed by atoms with Crippen LogP contribution < -0.4 is 0 Å². The van der Waals surface area contributed by atoms with Gasteiger partial charge in [-0.3, -0.25) is 9.59 Å². The highest BCUT2D eigenvalue weighted by atomic mass is 16.5. The minimum atomic E-state index is -0.217. The van der Waals surface area contributed by atoms with Gasteiger partial charge >= 0.3 is 5.97 Å². The normalized spacial score (nSPS) is 21.0. The number of carbonyl (C=O) groups is 2. The van der Waals surface area contributed by atoms with E-state index in [0.29, 0.717) is 31.3 Å². The van der Waals surface area contributed by atoms with Crippen LogP contribution in [0.15, 0.2) is 22.8 Å². The van der Waals surface area contributed by atoms with E-state index in [0.717, 1.165) is 30.5 Å². The molecule has 1 saturated heterocycles. The fourth-order valence-corrected chi connectivity index (χ4v) is 4.06. The van der Waals surface area contributed by atoms with Crippen molar-refractivity contribution in [2.75, 3.05) is 19.7 Å². The SMILES string of the molecule is CCOC(=O)C1CCCN(C(=O)c2cc3occc3n2CC2CCC2)C1. The fourth-order valence-electron chi connectivity index (χ4n) is 4.06. The number of ether oxygens (including phenoxy) is 1. The quantitative estimate of drug-likeness (QED) is 0.768. The summed E-state index contributed by atoms with van der Waals surface area (Å²) in [4.78, 5) is 27.1. The predicted octanol–water partition coefficient (Wildman–Crippen LogP) is 3.45. The van der Waals surface area contributed by atoms with Crippen molar-refractivity contribution in [3.63, 3.8) is 0 Å². The average molecular weight is 358 g/mol. The monoisotopic (exact) mass is 358 g/mol. The summed E-state index contributed by atoms with van der Waals surface area (Å²) in [6.45, 7) is 4.17. The second kappa shape index (κ2) is 7.17. The molecule has 2 aromatic heterocycles. The van der Waals surface area contributed by atoms with E-state index in [4.69, 9.17) is 9.15 Å². The lowest BCUT2D eigenvalue weighted by Gasteiger charge is -2.32. The standard InChI is InChI=1S/C20H26N2O4/c1-2-25-20(24)15-7-4-9-21(13-15)19(23)17-11-18-16(8-10-26-18)22(17)12-14-5-3-6-14/h8,10-11,14-15H,2-7,9,12-13H2,1H3. The van der Waals surface area contributed by atoms with Gasteiger partial charge in [0.15, 0.2) is 5.58 Å². The van der Waals surface area contributed by atoms with E-state index in [-0.39, 0.29) is 17.8 Å². The molecular weight excluding hydrogens is 332 g/mol. The zero-order valence-corrected chi connectivity index (χ0v) is 15.3. The van der Waals surface area contributed by atoms with Crippen LogP contribution in [0, 0.1) is 11.8 Å². The number of aromatic nitrogens is 1. The zero-order valence-electron chi connectivity index (χ0n) is 15.3. The van der Waals surface area contributed by atoms with E-state index in [1.807, 2.05) is 19.1 Å². The van der Waals surface area contributed by atoms with Gasteiger partial charge < -0.3 is 18.6 Å².